The van der Waals surface area contributed by atoms with Gasteiger partial charge in [0.15, 0.2) is 9.84 Å². The first-order valence-corrected chi connectivity index (χ1v) is 7.11. The largest absolute Gasteiger partial charge is 0.370 e. The van der Waals surface area contributed by atoms with Gasteiger partial charge in [-0.3, -0.25) is 4.79 Å². The van der Waals surface area contributed by atoms with E-state index in [1.807, 2.05) is 0 Å². The number of rotatable bonds is 5. The fourth-order valence-corrected chi connectivity index (χ4v) is 1.95. The Kier molecular flexibility index (Phi) is 4.83. The number of carbonyl (C=O) groups excluding carboxylic acids is 1. The Morgan fingerprint density at radius 2 is 1.94 bits per heavy atom. The van der Waals surface area contributed by atoms with Crippen LogP contribution in [0.4, 0.5) is 5.69 Å². The molecule has 0 bridgehead atoms. The molecule has 100 valence electrons. The lowest BCUT2D eigenvalue weighted by Gasteiger charge is -2.13. The molecule has 1 amide bonds. The lowest BCUT2D eigenvalue weighted by atomic mass is 10.3. The minimum atomic E-state index is -3.23. The smallest absolute Gasteiger partial charge is 0.254 e. The molecule has 0 radical (unpaired) electrons. The average Bonchev–Trinajstić information content (AvgIpc) is 2.30. The molecule has 18 heavy (non-hydrogen) atoms. The Morgan fingerprint density at radius 3 is 2.33 bits per heavy atom. The second-order valence-corrected chi connectivity index (χ2v) is 5.76. The van der Waals surface area contributed by atoms with Crippen molar-refractivity contribution in [2.24, 2.45) is 5.73 Å². The first kappa shape index (κ1) is 14.6. The Labute approximate surface area is 106 Å². The highest BCUT2D eigenvalue weighted by Crippen LogP contribution is 2.14. The normalized spacial score (nSPS) is 13.1. The van der Waals surface area contributed by atoms with Crippen LogP contribution in [-0.2, 0) is 19.4 Å². The molecule has 1 atom stereocenters. The molecule has 1 unspecified atom stereocenters. The van der Waals surface area contributed by atoms with E-state index in [1.165, 1.54) is 31.4 Å². The van der Waals surface area contributed by atoms with Gasteiger partial charge >= 0.3 is 0 Å². The highest BCUT2D eigenvalue weighted by atomic mass is 32.2. The van der Waals surface area contributed by atoms with Crippen molar-refractivity contribution in [1.29, 1.82) is 0 Å². The van der Waals surface area contributed by atoms with Crippen molar-refractivity contribution >= 4 is 21.4 Å². The maximum Gasteiger partial charge on any atom is 0.254 e. The number of nitrogens with one attached hydrogen (secondary N) is 1. The van der Waals surface area contributed by atoms with E-state index in [0.717, 1.165) is 6.26 Å². The van der Waals surface area contributed by atoms with Crippen molar-refractivity contribution in [3.8, 4) is 0 Å². The highest BCUT2D eigenvalue weighted by Gasteiger charge is 2.15. The number of anilines is 1. The van der Waals surface area contributed by atoms with Gasteiger partial charge in [-0.2, -0.15) is 0 Å². The second-order valence-electron chi connectivity index (χ2n) is 3.75. The van der Waals surface area contributed by atoms with Crippen LogP contribution < -0.4 is 11.1 Å². The summed E-state index contributed by atoms with van der Waals surface area (Å²) in [6.45, 7) is 0.0732. The van der Waals surface area contributed by atoms with Gasteiger partial charge in [0.25, 0.3) is 5.91 Å². The van der Waals surface area contributed by atoms with Crippen LogP contribution in [0.5, 0.6) is 0 Å². The number of hydrogen-bond donors (Lipinski definition) is 2. The van der Waals surface area contributed by atoms with E-state index in [-0.39, 0.29) is 17.3 Å². The van der Waals surface area contributed by atoms with E-state index in [0.29, 0.717) is 5.69 Å². The van der Waals surface area contributed by atoms with E-state index < -0.39 is 15.9 Å². The van der Waals surface area contributed by atoms with Gasteiger partial charge in [0.1, 0.15) is 6.10 Å². The molecule has 0 aromatic heterocycles. The average molecular weight is 272 g/mol. The van der Waals surface area contributed by atoms with Crippen LogP contribution in [0.25, 0.3) is 0 Å². The third kappa shape index (κ3) is 3.80. The van der Waals surface area contributed by atoms with Gasteiger partial charge in [0.2, 0.25) is 0 Å². The molecular formula is C11H16N2O4S. The van der Waals surface area contributed by atoms with Gasteiger partial charge in [0.05, 0.1) is 4.90 Å². The molecule has 0 aliphatic rings. The van der Waals surface area contributed by atoms with E-state index in [4.69, 9.17) is 10.5 Å². The number of methoxy groups -OCH3 is 1. The Morgan fingerprint density at radius 1 is 1.39 bits per heavy atom. The van der Waals surface area contributed by atoms with Crippen LogP contribution in [0.1, 0.15) is 0 Å². The molecular weight excluding hydrogens is 256 g/mol. The summed E-state index contributed by atoms with van der Waals surface area (Å²) in [5.41, 5.74) is 5.84. The SMILES string of the molecule is COC(CN)C(=O)Nc1ccc(S(C)(=O)=O)cc1. The first-order chi connectivity index (χ1) is 8.38. The summed E-state index contributed by atoms with van der Waals surface area (Å²) in [5.74, 6) is -0.368. The minimum Gasteiger partial charge on any atom is -0.370 e. The highest BCUT2D eigenvalue weighted by molar-refractivity contribution is 7.90. The van der Waals surface area contributed by atoms with Crippen LogP contribution >= 0.6 is 0 Å². The van der Waals surface area contributed by atoms with E-state index >= 15 is 0 Å². The number of ether oxygens (including phenoxy) is 1. The van der Waals surface area contributed by atoms with Crippen molar-refractivity contribution < 1.29 is 17.9 Å². The molecule has 0 saturated heterocycles. The lowest BCUT2D eigenvalue weighted by molar-refractivity contribution is -0.125. The maximum absolute atomic E-state index is 11.6. The lowest BCUT2D eigenvalue weighted by Crippen LogP contribution is -2.35. The minimum absolute atomic E-state index is 0.0732. The van der Waals surface area contributed by atoms with Crippen LogP contribution in [0.2, 0.25) is 0 Å². The zero-order chi connectivity index (χ0) is 13.8. The molecule has 6 nitrogen and oxygen atoms in total. The Bertz CT molecular complexity index is 506. The van der Waals surface area contributed by atoms with E-state index in [2.05, 4.69) is 5.32 Å². The van der Waals surface area contributed by atoms with Gasteiger partial charge in [-0.05, 0) is 24.3 Å². The summed E-state index contributed by atoms with van der Waals surface area (Å²) in [6.07, 6.45) is 0.398. The standard InChI is InChI=1S/C11H16N2O4S/c1-17-10(7-12)11(14)13-8-3-5-9(6-4-8)18(2,15)16/h3-6,10H,7,12H2,1-2H3,(H,13,14). The van der Waals surface area contributed by atoms with Gasteiger partial charge in [0, 0.05) is 25.6 Å². The summed E-state index contributed by atoms with van der Waals surface area (Å²) in [5, 5.41) is 2.58. The molecule has 0 saturated carbocycles. The number of benzene rings is 1. The van der Waals surface area contributed by atoms with Crippen LogP contribution in [-0.4, -0.2) is 40.3 Å². The molecule has 0 spiro atoms. The predicted octanol–water partition coefficient (Wildman–Crippen LogP) is 0.00230. The third-order valence-corrected chi connectivity index (χ3v) is 3.47. The first-order valence-electron chi connectivity index (χ1n) is 5.22. The molecule has 0 aliphatic heterocycles. The van der Waals surface area contributed by atoms with Crippen molar-refractivity contribution in [2.75, 3.05) is 25.2 Å². The van der Waals surface area contributed by atoms with Gasteiger partial charge < -0.3 is 15.8 Å². The maximum atomic E-state index is 11.6. The molecule has 7 heteroatoms. The Balaban J connectivity index is 2.79. The van der Waals surface area contributed by atoms with Crippen molar-refractivity contribution in [3.63, 3.8) is 0 Å². The van der Waals surface area contributed by atoms with Crippen LogP contribution in [0, 0.1) is 0 Å². The molecule has 1 rings (SSSR count). The molecule has 0 heterocycles. The predicted molar refractivity (Wildman–Crippen MR) is 68.0 cm³/mol. The number of hydrogen-bond acceptors (Lipinski definition) is 5. The van der Waals surface area contributed by atoms with Crippen molar-refractivity contribution in [2.45, 2.75) is 11.0 Å². The summed E-state index contributed by atoms with van der Waals surface area (Å²) in [7, 11) is -1.84. The number of sulfone groups is 1. The zero-order valence-electron chi connectivity index (χ0n) is 10.2. The van der Waals surface area contributed by atoms with E-state index in [9.17, 15) is 13.2 Å². The Hall–Kier alpha value is -1.44. The van der Waals surface area contributed by atoms with Gasteiger partial charge in [-0.15, -0.1) is 0 Å². The summed E-state index contributed by atoms with van der Waals surface area (Å²) in [4.78, 5) is 11.8. The number of nitrogens with two attached hydrogens (primary N) is 1. The monoisotopic (exact) mass is 272 g/mol. The van der Waals surface area contributed by atoms with Crippen LogP contribution in [0.15, 0.2) is 29.2 Å². The molecule has 1 aromatic carbocycles. The molecule has 0 aliphatic carbocycles. The molecule has 0 fully saturated rings. The zero-order valence-corrected chi connectivity index (χ0v) is 11.0. The van der Waals surface area contributed by atoms with E-state index in [1.54, 1.807) is 0 Å². The quantitative estimate of drug-likeness (QED) is 0.786. The fourth-order valence-electron chi connectivity index (χ4n) is 1.32. The van der Waals surface area contributed by atoms with Crippen molar-refractivity contribution in [1.82, 2.24) is 0 Å². The second kappa shape index (κ2) is 5.94. The molecule has 1 aromatic rings. The van der Waals surface area contributed by atoms with Crippen LogP contribution in [0.3, 0.4) is 0 Å². The summed E-state index contributed by atoms with van der Waals surface area (Å²) >= 11 is 0. The van der Waals surface area contributed by atoms with Crippen molar-refractivity contribution in [3.05, 3.63) is 24.3 Å². The topological polar surface area (TPSA) is 98.5 Å². The number of carbonyl (C=O) groups is 1. The number of amides is 1. The summed E-state index contributed by atoms with van der Waals surface area (Å²) in [6, 6.07) is 5.87. The third-order valence-electron chi connectivity index (χ3n) is 2.34. The fraction of sp³-hybridized carbons (Fsp3) is 0.364. The van der Waals surface area contributed by atoms with Gasteiger partial charge in [-0.1, -0.05) is 0 Å². The molecule has 3 N–H and O–H groups in total. The van der Waals surface area contributed by atoms with Gasteiger partial charge in [-0.25, -0.2) is 8.42 Å². The summed E-state index contributed by atoms with van der Waals surface area (Å²) < 4.78 is 27.4.